The van der Waals surface area contributed by atoms with Crippen LogP contribution in [0.15, 0.2) is 97.2 Å². The quantitative estimate of drug-likeness (QED) is 0.0348. The van der Waals surface area contributed by atoms with E-state index in [0.717, 1.165) is 103 Å². The summed E-state index contributed by atoms with van der Waals surface area (Å²) >= 11 is 0. The predicted molar refractivity (Wildman–Crippen MR) is 260 cm³/mol. The van der Waals surface area contributed by atoms with Crippen molar-refractivity contribution in [2.45, 2.75) is 219 Å². The van der Waals surface area contributed by atoms with Crippen molar-refractivity contribution < 1.29 is 23.8 Å². The molecule has 0 aromatic carbocycles. The molecule has 0 aliphatic carbocycles. The first-order valence-electron chi connectivity index (χ1n) is 24.8. The van der Waals surface area contributed by atoms with Crippen LogP contribution in [0.4, 0.5) is 0 Å². The van der Waals surface area contributed by atoms with Gasteiger partial charge in [-0.25, -0.2) is 0 Å². The molecule has 0 heterocycles. The van der Waals surface area contributed by atoms with Crippen LogP contribution >= 0.6 is 0 Å². The molecule has 0 saturated carbocycles. The Balaban J connectivity index is 4.36. The molecule has 0 rings (SSSR count). The van der Waals surface area contributed by atoms with Crippen LogP contribution in [-0.4, -0.2) is 37.9 Å². The van der Waals surface area contributed by atoms with Crippen LogP contribution in [0.1, 0.15) is 213 Å². The van der Waals surface area contributed by atoms with E-state index in [2.05, 4.69) is 118 Å². The molecule has 5 heteroatoms. The first-order chi connectivity index (χ1) is 29.6. The summed E-state index contributed by atoms with van der Waals surface area (Å²) < 4.78 is 17.3. The van der Waals surface area contributed by atoms with E-state index in [1.54, 1.807) is 0 Å². The van der Waals surface area contributed by atoms with Gasteiger partial charge < -0.3 is 14.2 Å². The van der Waals surface area contributed by atoms with Gasteiger partial charge in [0.1, 0.15) is 6.61 Å². The molecule has 0 aliphatic heterocycles. The number of hydrogen-bond donors (Lipinski definition) is 0. The summed E-state index contributed by atoms with van der Waals surface area (Å²) in [7, 11) is 0. The standard InChI is InChI=1S/C55H92O5/c1-4-7-10-13-16-19-22-24-26-27-28-30-32-35-38-41-44-47-50-58-51-53(60-55(57)49-46-43-40-37-33-21-18-15-12-9-6-3)52-59-54(56)48-45-42-39-36-34-31-29-25-23-20-17-14-11-8-5-2/h7-8,10-11,16-17,19-20,24-26,28-30,34,36,53H,4-6,9,12-15,18,21-23,27,31-33,35,37-52H2,1-3H3/b10-7-,11-8-,19-16-,20-17-,26-24-,29-25-,30-28-,36-34-. The van der Waals surface area contributed by atoms with Gasteiger partial charge >= 0.3 is 11.9 Å². The fraction of sp³-hybridized carbons (Fsp3) is 0.673. The topological polar surface area (TPSA) is 61.8 Å². The molecular weight excluding hydrogens is 741 g/mol. The van der Waals surface area contributed by atoms with Gasteiger partial charge in [0.2, 0.25) is 0 Å². The van der Waals surface area contributed by atoms with E-state index in [4.69, 9.17) is 14.2 Å². The van der Waals surface area contributed by atoms with Crippen molar-refractivity contribution in [3.8, 4) is 0 Å². The summed E-state index contributed by atoms with van der Waals surface area (Å²) in [5.74, 6) is -0.460. The molecule has 0 amide bonds. The molecule has 0 radical (unpaired) electrons. The highest BCUT2D eigenvalue weighted by atomic mass is 16.6. The molecule has 60 heavy (non-hydrogen) atoms. The second-order valence-corrected chi connectivity index (χ2v) is 16.0. The first kappa shape index (κ1) is 56.8. The highest BCUT2D eigenvalue weighted by Crippen LogP contribution is 2.13. The molecule has 0 N–H and O–H groups in total. The van der Waals surface area contributed by atoms with Gasteiger partial charge in [-0.05, 0) is 96.3 Å². The Hall–Kier alpha value is -3.18. The minimum absolute atomic E-state index is 0.0526. The summed E-state index contributed by atoms with van der Waals surface area (Å²) in [5.41, 5.74) is 0. The molecule has 0 aromatic rings. The van der Waals surface area contributed by atoms with Crippen molar-refractivity contribution in [1.29, 1.82) is 0 Å². The van der Waals surface area contributed by atoms with Gasteiger partial charge in [0.25, 0.3) is 0 Å². The lowest BCUT2D eigenvalue weighted by Gasteiger charge is -2.18. The number of esters is 2. The lowest BCUT2D eigenvalue weighted by atomic mass is 10.1. The van der Waals surface area contributed by atoms with Crippen molar-refractivity contribution in [3.63, 3.8) is 0 Å². The molecule has 0 spiro atoms. The average Bonchev–Trinajstić information content (AvgIpc) is 3.25. The van der Waals surface area contributed by atoms with Crippen LogP contribution < -0.4 is 0 Å². The summed E-state index contributed by atoms with van der Waals surface area (Å²) in [6.45, 7) is 7.50. The Bertz CT molecular complexity index is 1170. The second-order valence-electron chi connectivity index (χ2n) is 16.0. The van der Waals surface area contributed by atoms with E-state index >= 15 is 0 Å². The Morgan fingerprint density at radius 3 is 1.23 bits per heavy atom. The minimum Gasteiger partial charge on any atom is -0.462 e. The number of unbranched alkanes of at least 4 members (excludes halogenated alkanes) is 17. The van der Waals surface area contributed by atoms with Crippen molar-refractivity contribution in [2.24, 2.45) is 0 Å². The number of carbonyl (C=O) groups is 2. The lowest BCUT2D eigenvalue weighted by molar-refractivity contribution is -0.163. The smallest absolute Gasteiger partial charge is 0.306 e. The maximum absolute atomic E-state index is 12.8. The molecule has 1 unspecified atom stereocenters. The van der Waals surface area contributed by atoms with Crippen molar-refractivity contribution in [3.05, 3.63) is 97.2 Å². The second kappa shape index (κ2) is 50.2. The fourth-order valence-corrected chi connectivity index (χ4v) is 6.49. The maximum Gasteiger partial charge on any atom is 0.306 e. The van der Waals surface area contributed by atoms with Gasteiger partial charge in [-0.3, -0.25) is 9.59 Å². The van der Waals surface area contributed by atoms with E-state index in [1.807, 2.05) is 0 Å². The zero-order valence-electron chi connectivity index (χ0n) is 39.2. The van der Waals surface area contributed by atoms with Crippen LogP contribution in [-0.2, 0) is 23.8 Å². The highest BCUT2D eigenvalue weighted by Gasteiger charge is 2.17. The fourth-order valence-electron chi connectivity index (χ4n) is 6.49. The van der Waals surface area contributed by atoms with Crippen molar-refractivity contribution in [1.82, 2.24) is 0 Å². The molecule has 5 nitrogen and oxygen atoms in total. The van der Waals surface area contributed by atoms with E-state index in [1.165, 1.54) is 77.0 Å². The third-order valence-corrected chi connectivity index (χ3v) is 10.1. The summed E-state index contributed by atoms with van der Waals surface area (Å²) in [5, 5.41) is 0. The molecule has 0 bridgehead atoms. The number of carbonyl (C=O) groups excluding carboxylic acids is 2. The zero-order valence-corrected chi connectivity index (χ0v) is 39.2. The monoisotopic (exact) mass is 833 g/mol. The molecule has 0 fully saturated rings. The van der Waals surface area contributed by atoms with Gasteiger partial charge in [-0.15, -0.1) is 0 Å². The summed E-state index contributed by atoms with van der Waals surface area (Å²) in [4.78, 5) is 25.3. The molecule has 342 valence electrons. The first-order valence-corrected chi connectivity index (χ1v) is 24.8. The Labute approximate surface area is 371 Å². The summed E-state index contributed by atoms with van der Waals surface area (Å²) in [6.07, 6.45) is 67.0. The lowest BCUT2D eigenvalue weighted by Crippen LogP contribution is -2.30. The third-order valence-electron chi connectivity index (χ3n) is 10.1. The molecule has 0 aromatic heterocycles. The van der Waals surface area contributed by atoms with Crippen LogP contribution in [0.25, 0.3) is 0 Å². The molecule has 0 saturated heterocycles. The van der Waals surface area contributed by atoms with Gasteiger partial charge in [0, 0.05) is 19.4 Å². The van der Waals surface area contributed by atoms with E-state index < -0.39 is 6.10 Å². The Kier molecular flexibility index (Phi) is 47.5. The van der Waals surface area contributed by atoms with E-state index in [-0.39, 0.29) is 25.2 Å². The van der Waals surface area contributed by atoms with Gasteiger partial charge in [-0.1, -0.05) is 201 Å². The molecule has 1 atom stereocenters. The van der Waals surface area contributed by atoms with Crippen molar-refractivity contribution >= 4 is 11.9 Å². The minimum atomic E-state index is -0.565. The maximum atomic E-state index is 12.8. The number of rotatable bonds is 44. The number of allylic oxidation sites excluding steroid dienone is 16. The Morgan fingerprint density at radius 2 is 0.750 bits per heavy atom. The average molecular weight is 833 g/mol. The van der Waals surface area contributed by atoms with Crippen LogP contribution in [0.3, 0.4) is 0 Å². The largest absolute Gasteiger partial charge is 0.462 e. The van der Waals surface area contributed by atoms with Crippen LogP contribution in [0, 0.1) is 0 Å². The predicted octanol–water partition coefficient (Wildman–Crippen LogP) is 16.7. The normalized spacial score (nSPS) is 13.1. The highest BCUT2D eigenvalue weighted by molar-refractivity contribution is 5.70. The number of ether oxygens (including phenoxy) is 3. The van der Waals surface area contributed by atoms with Crippen molar-refractivity contribution in [2.75, 3.05) is 19.8 Å². The van der Waals surface area contributed by atoms with Gasteiger partial charge in [0.05, 0.1) is 6.61 Å². The van der Waals surface area contributed by atoms with E-state index in [0.29, 0.717) is 19.4 Å². The Morgan fingerprint density at radius 1 is 0.383 bits per heavy atom. The summed E-state index contributed by atoms with van der Waals surface area (Å²) in [6, 6.07) is 0. The van der Waals surface area contributed by atoms with Gasteiger partial charge in [0.15, 0.2) is 6.10 Å². The third kappa shape index (κ3) is 47.5. The molecular formula is C55H92O5. The SMILES string of the molecule is CC/C=C\C/C=C\C/C=C\C/C=C\CCCCCCCOCC(COC(=O)CCCC/C=C\C/C=C\C/C=C\C/C=C\CC)OC(=O)CCCCCCCCCCCCC. The van der Waals surface area contributed by atoms with Crippen LogP contribution in [0.5, 0.6) is 0 Å². The molecule has 0 aliphatic rings. The van der Waals surface area contributed by atoms with Crippen LogP contribution in [0.2, 0.25) is 0 Å². The van der Waals surface area contributed by atoms with Gasteiger partial charge in [-0.2, -0.15) is 0 Å². The zero-order chi connectivity index (χ0) is 43.5. The number of hydrogen-bond acceptors (Lipinski definition) is 5. The van der Waals surface area contributed by atoms with E-state index in [9.17, 15) is 9.59 Å².